The van der Waals surface area contributed by atoms with Crippen molar-refractivity contribution in [2.75, 3.05) is 34.2 Å². The van der Waals surface area contributed by atoms with Crippen LogP contribution in [0.25, 0.3) is 0 Å². The molecule has 0 fully saturated rings. The number of likely N-dealkylation sites (N-methyl/N-ethyl adjacent to an activating group) is 1. The number of benzene rings is 2. The Labute approximate surface area is 157 Å². The fraction of sp³-hybridized carbons (Fsp3) is 0.381. The largest absolute Gasteiger partial charge is 0.454 e. The van der Waals surface area contributed by atoms with Crippen molar-refractivity contribution in [3.05, 3.63) is 41.0 Å². The Morgan fingerprint density at radius 2 is 1.33 bits per heavy atom. The van der Waals surface area contributed by atoms with E-state index < -0.39 is 0 Å². The number of quaternary nitrogens is 1. The summed E-state index contributed by atoms with van der Waals surface area (Å²) in [6.45, 7) is 1.32. The van der Waals surface area contributed by atoms with E-state index in [9.17, 15) is 4.79 Å². The number of ketones is 1. The van der Waals surface area contributed by atoms with Gasteiger partial charge in [-0.3, -0.25) is 9.28 Å². The van der Waals surface area contributed by atoms with Gasteiger partial charge in [0.25, 0.3) is 0 Å². The summed E-state index contributed by atoms with van der Waals surface area (Å²) in [5.41, 5.74) is 4.10. The Hall–Kier alpha value is -2.73. The van der Waals surface area contributed by atoms with Crippen LogP contribution in [0.2, 0.25) is 0 Å². The second kappa shape index (κ2) is 5.89. The summed E-state index contributed by atoms with van der Waals surface area (Å²) in [4.78, 5) is 13.0. The molecule has 2 aromatic carbocycles. The zero-order valence-electron chi connectivity index (χ0n) is 15.5. The lowest BCUT2D eigenvalue weighted by Gasteiger charge is -2.32. The monoisotopic (exact) mass is 368 g/mol. The number of ether oxygens (including phenoxy) is 4. The van der Waals surface area contributed by atoms with Crippen molar-refractivity contribution in [2.45, 2.75) is 19.3 Å². The highest BCUT2D eigenvalue weighted by molar-refractivity contribution is 5.98. The number of Topliss-reactive ketones (excluding diaryl/α,β-unsaturated/α-hetero) is 1. The van der Waals surface area contributed by atoms with Gasteiger partial charge in [0.2, 0.25) is 13.6 Å². The average molecular weight is 368 g/mol. The van der Waals surface area contributed by atoms with Gasteiger partial charge < -0.3 is 18.9 Å². The van der Waals surface area contributed by atoms with Crippen LogP contribution in [0.15, 0.2) is 24.3 Å². The lowest BCUT2D eigenvalue weighted by Crippen LogP contribution is -2.43. The predicted octanol–water partition coefficient (Wildman–Crippen LogP) is 3.08. The van der Waals surface area contributed by atoms with Crippen LogP contribution in [0.4, 0.5) is 5.69 Å². The minimum atomic E-state index is 0.138. The Morgan fingerprint density at radius 1 is 0.741 bits per heavy atom. The third-order valence-electron chi connectivity index (χ3n) is 5.69. The Kier molecular flexibility index (Phi) is 3.59. The summed E-state index contributed by atoms with van der Waals surface area (Å²) in [5.74, 6) is 3.08. The lowest BCUT2D eigenvalue weighted by molar-refractivity contribution is 0.0980. The van der Waals surface area contributed by atoms with Crippen molar-refractivity contribution in [1.29, 1.82) is 0 Å². The molecule has 0 bridgehead atoms. The fourth-order valence-electron chi connectivity index (χ4n) is 4.09. The van der Waals surface area contributed by atoms with Crippen LogP contribution in [0.5, 0.6) is 23.0 Å². The zero-order chi connectivity index (χ0) is 18.6. The number of aryl methyl sites for hydroxylation is 1. The zero-order valence-corrected chi connectivity index (χ0v) is 15.5. The van der Waals surface area contributed by atoms with E-state index in [1.54, 1.807) is 0 Å². The Bertz CT molecular complexity index is 950. The van der Waals surface area contributed by atoms with Crippen molar-refractivity contribution < 1.29 is 23.7 Å². The fourth-order valence-corrected chi connectivity index (χ4v) is 4.09. The van der Waals surface area contributed by atoms with Gasteiger partial charge in [0.1, 0.15) is 5.69 Å². The van der Waals surface area contributed by atoms with Crippen molar-refractivity contribution in [3.8, 4) is 23.0 Å². The summed E-state index contributed by atoms with van der Waals surface area (Å²) in [6.07, 6.45) is 1.89. The van der Waals surface area contributed by atoms with Crippen LogP contribution in [0, 0.1) is 0 Å². The van der Waals surface area contributed by atoms with Crippen LogP contribution in [-0.4, -0.2) is 40.0 Å². The molecule has 140 valence electrons. The highest BCUT2D eigenvalue weighted by Gasteiger charge is 2.30. The maximum atomic E-state index is 13.0. The number of nitrogens with zero attached hydrogens (tertiary/aromatic N) is 1. The molecule has 0 spiro atoms. The normalized spacial score (nSPS) is 19.4. The summed E-state index contributed by atoms with van der Waals surface area (Å²) < 4.78 is 22.8. The molecule has 0 aliphatic carbocycles. The van der Waals surface area contributed by atoms with Crippen molar-refractivity contribution >= 4 is 11.5 Å². The molecule has 5 rings (SSSR count). The molecule has 0 aromatic heterocycles. The highest BCUT2D eigenvalue weighted by Crippen LogP contribution is 2.42. The van der Waals surface area contributed by atoms with Gasteiger partial charge in [-0.2, -0.15) is 0 Å². The second-order valence-corrected chi connectivity index (χ2v) is 7.78. The molecular weight excluding hydrogens is 346 g/mol. The molecule has 0 saturated heterocycles. The van der Waals surface area contributed by atoms with Crippen LogP contribution in [-0.2, 0) is 12.8 Å². The second-order valence-electron chi connectivity index (χ2n) is 7.78. The molecule has 0 amide bonds. The number of fused-ring (bicyclic) bond motifs is 4. The Morgan fingerprint density at radius 3 is 2.04 bits per heavy atom. The van der Waals surface area contributed by atoms with E-state index in [-0.39, 0.29) is 19.4 Å². The first-order valence-electron chi connectivity index (χ1n) is 9.23. The molecule has 6 heteroatoms. The van der Waals surface area contributed by atoms with E-state index >= 15 is 0 Å². The van der Waals surface area contributed by atoms with Gasteiger partial charge in [0.05, 0.1) is 20.6 Å². The van der Waals surface area contributed by atoms with E-state index in [1.807, 2.05) is 18.2 Å². The molecule has 2 aromatic rings. The first-order valence-corrected chi connectivity index (χ1v) is 9.23. The van der Waals surface area contributed by atoms with Gasteiger partial charge in [-0.05, 0) is 30.2 Å². The molecule has 0 unspecified atom stereocenters. The van der Waals surface area contributed by atoms with Gasteiger partial charge >= 0.3 is 0 Å². The molecule has 6 nitrogen and oxygen atoms in total. The first kappa shape index (κ1) is 16.4. The van der Waals surface area contributed by atoms with Crippen LogP contribution >= 0.6 is 0 Å². The van der Waals surface area contributed by atoms with Gasteiger partial charge in [-0.25, -0.2) is 0 Å². The predicted molar refractivity (Wildman–Crippen MR) is 100.0 cm³/mol. The topological polar surface area (TPSA) is 54.0 Å². The molecule has 27 heavy (non-hydrogen) atoms. The van der Waals surface area contributed by atoms with Crippen LogP contribution < -0.4 is 23.4 Å². The molecule has 0 atom stereocenters. The summed E-state index contributed by atoms with van der Waals surface area (Å²) in [6, 6.07) is 7.93. The van der Waals surface area contributed by atoms with Crippen molar-refractivity contribution in [1.82, 2.24) is 4.48 Å². The van der Waals surface area contributed by atoms with Gasteiger partial charge in [-0.15, -0.1) is 0 Å². The van der Waals surface area contributed by atoms with E-state index in [0.717, 1.165) is 46.9 Å². The quantitative estimate of drug-likeness (QED) is 0.669. The van der Waals surface area contributed by atoms with E-state index in [0.29, 0.717) is 23.1 Å². The molecule has 0 saturated carbocycles. The van der Waals surface area contributed by atoms with Crippen LogP contribution in [0.1, 0.15) is 27.9 Å². The van der Waals surface area contributed by atoms with E-state index in [1.165, 1.54) is 5.69 Å². The first-order chi connectivity index (χ1) is 13.0. The van der Waals surface area contributed by atoms with Crippen molar-refractivity contribution in [2.24, 2.45) is 0 Å². The standard InChI is InChI=1S/C21H22NO5/c1-22(2)6-5-13-7-18-20(26-11-24-18)9-15(13)17(23)4-3-14-8-19-21(10-16(14)22)27-12-25-19/h7-10H,3-6,11-12H2,1-2H3/q+1. The third-order valence-corrected chi connectivity index (χ3v) is 5.69. The van der Waals surface area contributed by atoms with E-state index in [2.05, 4.69) is 20.2 Å². The van der Waals surface area contributed by atoms with Crippen LogP contribution in [0.3, 0.4) is 0 Å². The maximum Gasteiger partial charge on any atom is 0.231 e. The molecule has 0 radical (unpaired) electrons. The van der Waals surface area contributed by atoms with Gasteiger partial charge in [0, 0.05) is 30.0 Å². The van der Waals surface area contributed by atoms with E-state index in [4.69, 9.17) is 18.9 Å². The molecule has 0 N–H and O–H groups in total. The molecule has 3 aliphatic heterocycles. The van der Waals surface area contributed by atoms with Gasteiger partial charge in [-0.1, -0.05) is 0 Å². The third kappa shape index (κ3) is 2.72. The lowest BCUT2D eigenvalue weighted by atomic mass is 9.93. The number of hydrogen-bond donors (Lipinski definition) is 0. The average Bonchev–Trinajstić information content (AvgIpc) is 3.30. The minimum absolute atomic E-state index is 0.138. The maximum absolute atomic E-state index is 13.0. The van der Waals surface area contributed by atoms with Gasteiger partial charge in [0.15, 0.2) is 28.8 Å². The summed E-state index contributed by atoms with van der Waals surface area (Å²) in [7, 11) is 4.38. The molecule has 3 heterocycles. The molecular formula is C21H22NO5+. The number of rotatable bonds is 0. The number of hydrogen-bond acceptors (Lipinski definition) is 5. The number of carbonyl (C=O) groups excluding carboxylic acids is 1. The van der Waals surface area contributed by atoms with Crippen molar-refractivity contribution in [3.63, 3.8) is 0 Å². The SMILES string of the molecule is C[N+]1(C)CCc2cc3c(cc2C(=O)CCc2cc4c(cc21)OCO4)OCO3. The molecule has 3 aliphatic rings. The summed E-state index contributed by atoms with van der Waals surface area (Å²) >= 11 is 0. The smallest absolute Gasteiger partial charge is 0.231 e. The highest BCUT2D eigenvalue weighted by atomic mass is 16.7. The Balaban J connectivity index is 1.58. The number of carbonyl (C=O) groups is 1. The summed E-state index contributed by atoms with van der Waals surface area (Å²) in [5, 5.41) is 0. The minimum Gasteiger partial charge on any atom is -0.454 e.